The van der Waals surface area contributed by atoms with Crippen LogP contribution in [-0.2, 0) is 7.05 Å². The Kier molecular flexibility index (Phi) is 6.10. The van der Waals surface area contributed by atoms with Crippen molar-refractivity contribution in [2.45, 2.75) is 29.0 Å². The van der Waals surface area contributed by atoms with Crippen molar-refractivity contribution in [3.05, 3.63) is 54.9 Å². The van der Waals surface area contributed by atoms with Crippen LogP contribution in [0.5, 0.6) is 5.75 Å². The molecule has 3 heterocycles. The van der Waals surface area contributed by atoms with Crippen molar-refractivity contribution in [1.29, 1.82) is 0 Å². The molecule has 2 aromatic carbocycles. The molecule has 0 aliphatic carbocycles. The van der Waals surface area contributed by atoms with Gasteiger partial charge in [-0.1, -0.05) is 6.07 Å². The summed E-state index contributed by atoms with van der Waals surface area (Å²) < 4.78 is 22.9. The molecule has 0 radical (unpaired) electrons. The summed E-state index contributed by atoms with van der Waals surface area (Å²) >= 11 is 1.22. The van der Waals surface area contributed by atoms with Gasteiger partial charge in [-0.15, -0.1) is 10.2 Å². The minimum Gasteiger partial charge on any atom is -0.489 e. The number of ether oxygens (including phenoxy) is 1. The number of aryl methyl sites for hydroxylation is 1. The first-order valence-electron chi connectivity index (χ1n) is 10.7. The topological polar surface area (TPSA) is 81.0 Å². The molecular weight excluding hydrogens is 441 g/mol. The van der Waals surface area contributed by atoms with E-state index in [2.05, 4.69) is 37.4 Å². The van der Waals surface area contributed by atoms with Crippen LogP contribution in [0, 0.1) is 5.82 Å². The van der Waals surface area contributed by atoms with E-state index in [1.54, 1.807) is 17.0 Å². The maximum Gasteiger partial charge on any atom is 0.195 e. The molecule has 0 saturated carbocycles. The molecule has 8 nitrogen and oxygen atoms in total. The van der Waals surface area contributed by atoms with Crippen LogP contribution in [0.15, 0.2) is 59.1 Å². The van der Waals surface area contributed by atoms with E-state index in [0.717, 1.165) is 42.6 Å². The molecule has 170 valence electrons. The fraction of sp³-hybridized carbons (Fsp3) is 0.304. The lowest BCUT2D eigenvalue weighted by Crippen LogP contribution is -2.35. The van der Waals surface area contributed by atoms with E-state index in [1.807, 2.05) is 31.3 Å². The lowest BCUT2D eigenvalue weighted by atomic mass is 10.1. The van der Waals surface area contributed by atoms with Gasteiger partial charge in [0.15, 0.2) is 5.16 Å². The normalized spacial score (nSPS) is 15.1. The first-order valence-corrected chi connectivity index (χ1v) is 11.6. The summed E-state index contributed by atoms with van der Waals surface area (Å²) in [6.45, 7) is 2.02. The Hall–Kier alpha value is -3.24. The summed E-state index contributed by atoms with van der Waals surface area (Å²) in [7, 11) is 3.95. The summed E-state index contributed by atoms with van der Waals surface area (Å²) in [6, 6.07) is 10.8. The number of hydrogen-bond acceptors (Lipinski definition) is 8. The average Bonchev–Trinajstić information content (AvgIpc) is 3.22. The maximum absolute atomic E-state index is 14.8. The Morgan fingerprint density at radius 3 is 2.73 bits per heavy atom. The van der Waals surface area contributed by atoms with Crippen LogP contribution in [0.1, 0.15) is 12.8 Å². The predicted octanol–water partition coefficient (Wildman–Crippen LogP) is 4.27. The molecule has 1 saturated heterocycles. The number of aromatic nitrogens is 5. The number of benzene rings is 2. The van der Waals surface area contributed by atoms with Crippen LogP contribution in [0.25, 0.3) is 10.9 Å². The highest BCUT2D eigenvalue weighted by molar-refractivity contribution is 7.99. The first kappa shape index (κ1) is 21.6. The van der Waals surface area contributed by atoms with Crippen molar-refractivity contribution in [2.24, 2.45) is 7.05 Å². The second kappa shape index (κ2) is 9.32. The zero-order valence-electron chi connectivity index (χ0n) is 18.4. The Morgan fingerprint density at radius 1 is 1.12 bits per heavy atom. The predicted molar refractivity (Wildman–Crippen MR) is 125 cm³/mol. The second-order valence-electron chi connectivity index (χ2n) is 8.09. The van der Waals surface area contributed by atoms with Crippen LogP contribution in [0.3, 0.4) is 0 Å². The van der Waals surface area contributed by atoms with Gasteiger partial charge in [0.2, 0.25) is 0 Å². The van der Waals surface area contributed by atoms with E-state index >= 15 is 0 Å². The number of fused-ring (bicyclic) bond motifs is 1. The molecule has 0 unspecified atom stereocenters. The van der Waals surface area contributed by atoms with Gasteiger partial charge in [-0.05, 0) is 62.0 Å². The van der Waals surface area contributed by atoms with Crippen molar-refractivity contribution >= 4 is 34.2 Å². The molecule has 0 bridgehead atoms. The van der Waals surface area contributed by atoms with E-state index in [1.165, 1.54) is 24.2 Å². The third kappa shape index (κ3) is 4.76. The van der Waals surface area contributed by atoms with Crippen LogP contribution >= 0.6 is 11.8 Å². The summed E-state index contributed by atoms with van der Waals surface area (Å²) in [4.78, 5) is 11.6. The Balaban J connectivity index is 1.40. The van der Waals surface area contributed by atoms with Crippen LogP contribution in [-0.4, -0.2) is 55.9 Å². The maximum atomic E-state index is 14.8. The lowest BCUT2D eigenvalue weighted by Gasteiger charge is -2.29. The number of piperidine rings is 1. The van der Waals surface area contributed by atoms with Crippen molar-refractivity contribution in [2.75, 3.05) is 25.5 Å². The van der Waals surface area contributed by atoms with Gasteiger partial charge >= 0.3 is 0 Å². The van der Waals surface area contributed by atoms with Gasteiger partial charge in [-0.2, -0.15) is 0 Å². The molecule has 1 N–H and O–H groups in total. The molecular formula is C23H24FN7OS. The van der Waals surface area contributed by atoms with Gasteiger partial charge in [-0.3, -0.25) is 0 Å². The van der Waals surface area contributed by atoms with Gasteiger partial charge in [0.25, 0.3) is 0 Å². The Labute approximate surface area is 195 Å². The highest BCUT2D eigenvalue weighted by atomic mass is 32.2. The quantitative estimate of drug-likeness (QED) is 0.452. The molecule has 2 aromatic heterocycles. The molecule has 0 atom stereocenters. The summed E-state index contributed by atoms with van der Waals surface area (Å²) in [6.07, 6.45) is 5.17. The highest BCUT2D eigenvalue weighted by Crippen LogP contribution is 2.34. The summed E-state index contributed by atoms with van der Waals surface area (Å²) in [5, 5.41) is 12.5. The lowest BCUT2D eigenvalue weighted by molar-refractivity contribution is 0.116. The van der Waals surface area contributed by atoms with Crippen LogP contribution < -0.4 is 10.1 Å². The van der Waals surface area contributed by atoms with E-state index in [-0.39, 0.29) is 11.9 Å². The van der Waals surface area contributed by atoms with E-state index in [0.29, 0.717) is 21.6 Å². The van der Waals surface area contributed by atoms with Crippen molar-refractivity contribution in [3.8, 4) is 5.75 Å². The number of nitrogens with zero attached hydrogens (tertiary/aromatic N) is 6. The fourth-order valence-electron chi connectivity index (χ4n) is 3.82. The molecule has 5 rings (SSSR count). The number of hydrogen-bond donors (Lipinski definition) is 1. The number of rotatable bonds is 6. The average molecular weight is 466 g/mol. The molecule has 1 fully saturated rings. The van der Waals surface area contributed by atoms with Crippen LogP contribution in [0.2, 0.25) is 0 Å². The smallest absolute Gasteiger partial charge is 0.195 e. The molecule has 1 aliphatic rings. The molecule has 1 aliphatic heterocycles. The van der Waals surface area contributed by atoms with Gasteiger partial charge in [-0.25, -0.2) is 14.4 Å². The highest BCUT2D eigenvalue weighted by Gasteiger charge is 2.20. The SMILES string of the molecule is CN1CCC(Oc2cccc3ncnc(Nc4ccc(Sc5nncn5C)c(F)c4)c23)CC1. The Morgan fingerprint density at radius 2 is 1.97 bits per heavy atom. The van der Waals surface area contributed by atoms with Gasteiger partial charge < -0.3 is 19.5 Å². The standard InChI is InChI=1S/C23H24FN7OS/c1-30-10-8-16(9-11-30)32-19-5-3-4-18-21(19)22(26-13-25-18)28-15-6-7-20(17(24)12-15)33-23-29-27-14-31(23)2/h3-7,12-14,16H,8-11H2,1-2H3,(H,25,26,28). The molecule has 0 amide bonds. The summed E-state index contributed by atoms with van der Waals surface area (Å²) in [5.74, 6) is 0.964. The monoisotopic (exact) mass is 465 g/mol. The zero-order chi connectivity index (χ0) is 22.8. The van der Waals surface area contributed by atoms with Crippen molar-refractivity contribution < 1.29 is 9.13 Å². The fourth-order valence-corrected chi connectivity index (χ4v) is 4.58. The number of halogens is 1. The molecule has 0 spiro atoms. The third-order valence-corrected chi connectivity index (χ3v) is 6.75. The Bertz CT molecular complexity index is 1270. The third-order valence-electron chi connectivity index (χ3n) is 5.65. The van der Waals surface area contributed by atoms with Crippen molar-refractivity contribution in [1.82, 2.24) is 29.6 Å². The molecule has 4 aromatic rings. The number of nitrogens with one attached hydrogen (secondary N) is 1. The van der Waals surface area contributed by atoms with E-state index in [9.17, 15) is 4.39 Å². The van der Waals surface area contributed by atoms with Gasteiger partial charge in [0, 0.05) is 25.8 Å². The number of anilines is 2. The molecule has 10 heteroatoms. The minimum absolute atomic E-state index is 0.147. The number of likely N-dealkylation sites (tertiary alicyclic amines) is 1. The zero-order valence-corrected chi connectivity index (χ0v) is 19.2. The van der Waals surface area contributed by atoms with Crippen molar-refractivity contribution in [3.63, 3.8) is 0 Å². The minimum atomic E-state index is -0.353. The summed E-state index contributed by atoms with van der Waals surface area (Å²) in [5.41, 5.74) is 1.36. The van der Waals surface area contributed by atoms with Gasteiger partial charge in [0.1, 0.15) is 36.1 Å². The second-order valence-corrected chi connectivity index (χ2v) is 9.10. The van der Waals surface area contributed by atoms with Crippen LogP contribution in [0.4, 0.5) is 15.9 Å². The molecule has 33 heavy (non-hydrogen) atoms. The van der Waals surface area contributed by atoms with E-state index in [4.69, 9.17) is 4.74 Å². The van der Waals surface area contributed by atoms with E-state index < -0.39 is 0 Å². The first-order chi connectivity index (χ1) is 16.1. The largest absolute Gasteiger partial charge is 0.489 e. The van der Waals surface area contributed by atoms with Gasteiger partial charge in [0.05, 0.1) is 15.8 Å².